The van der Waals surface area contributed by atoms with Gasteiger partial charge in [-0.15, -0.1) is 0 Å². The molecular formula is C18H22N4O. The topological polar surface area (TPSA) is 58.1 Å². The SMILES string of the molecule is CC(=O)N1CC[C@H](c2nc(C)cc(NCc3ccccc3)n2)C1. The number of aromatic nitrogens is 2. The van der Waals surface area contributed by atoms with Crippen LogP contribution >= 0.6 is 0 Å². The van der Waals surface area contributed by atoms with Gasteiger partial charge >= 0.3 is 0 Å². The number of aryl methyl sites for hydroxylation is 1. The molecule has 5 heteroatoms. The van der Waals surface area contributed by atoms with Crippen LogP contribution in [0.4, 0.5) is 5.82 Å². The maximum absolute atomic E-state index is 11.5. The normalized spacial score (nSPS) is 17.3. The fraction of sp³-hybridized carbons (Fsp3) is 0.389. The zero-order valence-corrected chi connectivity index (χ0v) is 13.6. The number of amides is 1. The van der Waals surface area contributed by atoms with E-state index in [0.29, 0.717) is 0 Å². The van der Waals surface area contributed by atoms with E-state index in [9.17, 15) is 4.79 Å². The summed E-state index contributed by atoms with van der Waals surface area (Å²) in [6.45, 7) is 5.85. The summed E-state index contributed by atoms with van der Waals surface area (Å²) in [7, 11) is 0. The quantitative estimate of drug-likeness (QED) is 0.943. The van der Waals surface area contributed by atoms with E-state index in [-0.39, 0.29) is 11.8 Å². The maximum Gasteiger partial charge on any atom is 0.219 e. The molecule has 1 amide bonds. The van der Waals surface area contributed by atoms with Crippen LogP contribution in [0.15, 0.2) is 36.4 Å². The summed E-state index contributed by atoms with van der Waals surface area (Å²) in [6, 6.07) is 12.2. The molecule has 3 rings (SSSR count). The molecule has 1 aromatic heterocycles. The summed E-state index contributed by atoms with van der Waals surface area (Å²) in [4.78, 5) is 22.6. The molecule has 5 nitrogen and oxygen atoms in total. The van der Waals surface area contributed by atoms with Crippen molar-refractivity contribution in [2.75, 3.05) is 18.4 Å². The van der Waals surface area contributed by atoms with Gasteiger partial charge in [-0.25, -0.2) is 9.97 Å². The largest absolute Gasteiger partial charge is 0.366 e. The van der Waals surface area contributed by atoms with Gasteiger partial charge in [-0.05, 0) is 18.9 Å². The van der Waals surface area contributed by atoms with Crippen molar-refractivity contribution in [3.05, 3.63) is 53.5 Å². The highest BCUT2D eigenvalue weighted by molar-refractivity contribution is 5.73. The Morgan fingerprint density at radius 3 is 2.78 bits per heavy atom. The molecule has 0 spiro atoms. The molecule has 0 unspecified atom stereocenters. The summed E-state index contributed by atoms with van der Waals surface area (Å²) in [6.07, 6.45) is 0.932. The highest BCUT2D eigenvalue weighted by Gasteiger charge is 2.27. The Labute approximate surface area is 136 Å². The third kappa shape index (κ3) is 3.86. The summed E-state index contributed by atoms with van der Waals surface area (Å²) in [5.41, 5.74) is 2.17. The first-order chi connectivity index (χ1) is 11.1. The lowest BCUT2D eigenvalue weighted by atomic mass is 10.1. The summed E-state index contributed by atoms with van der Waals surface area (Å²) in [5, 5.41) is 3.37. The molecule has 1 N–H and O–H groups in total. The summed E-state index contributed by atoms with van der Waals surface area (Å²) >= 11 is 0. The first-order valence-corrected chi connectivity index (χ1v) is 8.00. The van der Waals surface area contributed by atoms with Crippen LogP contribution in [0.3, 0.4) is 0 Å². The molecule has 1 atom stereocenters. The van der Waals surface area contributed by atoms with Crippen LogP contribution < -0.4 is 5.32 Å². The van der Waals surface area contributed by atoms with Gasteiger partial charge in [-0.1, -0.05) is 30.3 Å². The zero-order valence-electron chi connectivity index (χ0n) is 13.6. The fourth-order valence-corrected chi connectivity index (χ4v) is 2.91. The van der Waals surface area contributed by atoms with E-state index in [4.69, 9.17) is 0 Å². The van der Waals surface area contributed by atoms with E-state index in [1.165, 1.54) is 5.56 Å². The minimum atomic E-state index is 0.127. The zero-order chi connectivity index (χ0) is 16.2. The van der Waals surface area contributed by atoms with Crippen molar-refractivity contribution < 1.29 is 4.79 Å². The van der Waals surface area contributed by atoms with Crippen LogP contribution in [0.2, 0.25) is 0 Å². The van der Waals surface area contributed by atoms with Gasteiger partial charge in [-0.2, -0.15) is 0 Å². The number of anilines is 1. The molecule has 1 aliphatic rings. The van der Waals surface area contributed by atoms with Crippen molar-refractivity contribution in [2.45, 2.75) is 32.7 Å². The van der Waals surface area contributed by atoms with Crippen molar-refractivity contribution in [3.8, 4) is 0 Å². The second-order valence-corrected chi connectivity index (χ2v) is 6.04. The lowest BCUT2D eigenvalue weighted by Gasteiger charge is -2.14. The van der Waals surface area contributed by atoms with E-state index < -0.39 is 0 Å². The van der Waals surface area contributed by atoms with Crippen molar-refractivity contribution >= 4 is 11.7 Å². The predicted octanol–water partition coefficient (Wildman–Crippen LogP) is 2.73. The Hall–Kier alpha value is -2.43. The van der Waals surface area contributed by atoms with Gasteiger partial charge in [0.15, 0.2) is 0 Å². The van der Waals surface area contributed by atoms with Crippen LogP contribution in [0.1, 0.15) is 36.3 Å². The van der Waals surface area contributed by atoms with Gasteiger partial charge in [0.2, 0.25) is 5.91 Å². The Bertz CT molecular complexity index is 687. The second-order valence-electron chi connectivity index (χ2n) is 6.04. The van der Waals surface area contributed by atoms with E-state index in [1.807, 2.05) is 36.1 Å². The molecule has 23 heavy (non-hydrogen) atoms. The predicted molar refractivity (Wildman–Crippen MR) is 90.1 cm³/mol. The van der Waals surface area contributed by atoms with Gasteiger partial charge in [0.25, 0.3) is 0 Å². The van der Waals surface area contributed by atoms with Crippen molar-refractivity contribution in [2.24, 2.45) is 0 Å². The molecule has 0 bridgehead atoms. The van der Waals surface area contributed by atoms with E-state index >= 15 is 0 Å². The molecular weight excluding hydrogens is 288 g/mol. The highest BCUT2D eigenvalue weighted by Crippen LogP contribution is 2.25. The number of benzene rings is 1. The number of hydrogen-bond donors (Lipinski definition) is 1. The molecule has 1 fully saturated rings. The Balaban J connectivity index is 1.71. The molecule has 1 aliphatic heterocycles. The smallest absolute Gasteiger partial charge is 0.219 e. The highest BCUT2D eigenvalue weighted by atomic mass is 16.2. The minimum Gasteiger partial charge on any atom is -0.366 e. The van der Waals surface area contributed by atoms with E-state index in [2.05, 4.69) is 27.4 Å². The summed E-state index contributed by atoms with van der Waals surface area (Å²) < 4.78 is 0. The van der Waals surface area contributed by atoms with Gasteiger partial charge in [0, 0.05) is 44.2 Å². The number of carbonyl (C=O) groups is 1. The molecule has 2 heterocycles. The molecule has 120 valence electrons. The number of likely N-dealkylation sites (tertiary alicyclic amines) is 1. The molecule has 0 aliphatic carbocycles. The van der Waals surface area contributed by atoms with Crippen molar-refractivity contribution in [1.29, 1.82) is 0 Å². The average Bonchev–Trinajstić information content (AvgIpc) is 3.04. The number of hydrogen-bond acceptors (Lipinski definition) is 4. The molecule has 0 radical (unpaired) electrons. The van der Waals surface area contributed by atoms with Crippen LogP contribution in [-0.4, -0.2) is 33.9 Å². The average molecular weight is 310 g/mol. The number of nitrogens with one attached hydrogen (secondary N) is 1. The van der Waals surface area contributed by atoms with Gasteiger partial charge in [-0.3, -0.25) is 4.79 Å². The first kappa shape index (κ1) is 15.5. The second kappa shape index (κ2) is 6.77. The monoisotopic (exact) mass is 310 g/mol. The lowest BCUT2D eigenvalue weighted by molar-refractivity contribution is -0.127. The third-order valence-corrected chi connectivity index (χ3v) is 4.19. The molecule has 1 aromatic carbocycles. The lowest BCUT2D eigenvalue weighted by Crippen LogP contribution is -2.25. The Kier molecular flexibility index (Phi) is 4.55. The van der Waals surface area contributed by atoms with Crippen molar-refractivity contribution in [3.63, 3.8) is 0 Å². The number of nitrogens with zero attached hydrogens (tertiary/aromatic N) is 3. The van der Waals surface area contributed by atoms with Crippen molar-refractivity contribution in [1.82, 2.24) is 14.9 Å². The van der Waals surface area contributed by atoms with Gasteiger partial charge < -0.3 is 10.2 Å². The van der Waals surface area contributed by atoms with Gasteiger partial charge in [0.1, 0.15) is 11.6 Å². The first-order valence-electron chi connectivity index (χ1n) is 8.00. The van der Waals surface area contributed by atoms with Gasteiger partial charge in [0.05, 0.1) is 0 Å². The third-order valence-electron chi connectivity index (χ3n) is 4.19. The molecule has 1 saturated heterocycles. The molecule has 2 aromatic rings. The fourth-order valence-electron chi connectivity index (χ4n) is 2.91. The minimum absolute atomic E-state index is 0.127. The number of rotatable bonds is 4. The maximum atomic E-state index is 11.5. The van der Waals surface area contributed by atoms with Crippen LogP contribution in [0.25, 0.3) is 0 Å². The standard InChI is InChI=1S/C18H22N4O/c1-13-10-17(19-11-15-6-4-3-5-7-15)21-18(20-13)16-8-9-22(12-16)14(2)23/h3-7,10,16H,8-9,11-12H2,1-2H3,(H,19,20,21)/t16-/m0/s1. The van der Waals surface area contributed by atoms with E-state index in [0.717, 1.165) is 43.4 Å². The summed E-state index contributed by atoms with van der Waals surface area (Å²) in [5.74, 6) is 2.04. The Morgan fingerprint density at radius 1 is 1.30 bits per heavy atom. The Morgan fingerprint density at radius 2 is 2.09 bits per heavy atom. The van der Waals surface area contributed by atoms with Crippen LogP contribution in [-0.2, 0) is 11.3 Å². The number of carbonyl (C=O) groups excluding carboxylic acids is 1. The molecule has 0 saturated carbocycles. The van der Waals surface area contributed by atoms with Crippen LogP contribution in [0.5, 0.6) is 0 Å². The van der Waals surface area contributed by atoms with E-state index in [1.54, 1.807) is 6.92 Å². The van der Waals surface area contributed by atoms with Crippen LogP contribution in [0, 0.1) is 6.92 Å².